The number of amides is 1. The first kappa shape index (κ1) is 8.21. The molecule has 6 heteroatoms. The maximum atomic E-state index is 11.2. The van der Waals surface area contributed by atoms with Gasteiger partial charge in [0.1, 0.15) is 0 Å². The normalized spacial score (nSPS) is 18.8. The number of fused-ring (bicyclic) bond motifs is 1. The monoisotopic (exact) mass is 198 g/mol. The molecule has 13 heavy (non-hydrogen) atoms. The topological polar surface area (TPSA) is 77.5 Å². The lowest BCUT2D eigenvalue weighted by Gasteiger charge is -2.18. The van der Waals surface area contributed by atoms with E-state index in [4.69, 9.17) is 0 Å². The second-order valence-electron chi connectivity index (χ2n) is 2.53. The quantitative estimate of drug-likeness (QED) is 0.601. The van der Waals surface area contributed by atoms with Crippen molar-refractivity contribution >= 4 is 15.9 Å². The molecule has 0 unspecified atom stereocenters. The fourth-order valence-corrected chi connectivity index (χ4v) is 2.34. The number of carbonyl (C=O) groups is 1. The molecule has 2 rings (SSSR count). The summed E-state index contributed by atoms with van der Waals surface area (Å²) in [7, 11) is -4.11. The van der Waals surface area contributed by atoms with E-state index in [-0.39, 0.29) is 10.5 Å². The van der Waals surface area contributed by atoms with E-state index in [1.165, 1.54) is 24.3 Å². The smallest absolute Gasteiger partial charge is 0.258 e. The molecule has 1 aromatic rings. The Hall–Kier alpha value is -1.40. The highest BCUT2D eigenvalue weighted by Crippen LogP contribution is 2.28. The van der Waals surface area contributed by atoms with Gasteiger partial charge in [0.25, 0.3) is 15.9 Å². The van der Waals surface area contributed by atoms with Gasteiger partial charge in [0.05, 0.1) is 10.5 Å². The van der Waals surface area contributed by atoms with Crippen LogP contribution in [0, 0.1) is 5.21 Å². The highest BCUT2D eigenvalue weighted by molar-refractivity contribution is 7.90. The van der Waals surface area contributed by atoms with Crippen LogP contribution in [0.1, 0.15) is 10.4 Å². The van der Waals surface area contributed by atoms with Gasteiger partial charge in [-0.25, -0.2) is 8.42 Å². The van der Waals surface area contributed by atoms with Crippen LogP contribution in [0.5, 0.6) is 0 Å². The summed E-state index contributed by atoms with van der Waals surface area (Å²) in [5, 5.41) is 10.9. The number of hydrogen-bond acceptors (Lipinski definition) is 4. The third-order valence-corrected chi connectivity index (χ3v) is 3.29. The van der Waals surface area contributed by atoms with Gasteiger partial charge >= 0.3 is 0 Å². The molecule has 0 aliphatic carbocycles. The van der Waals surface area contributed by atoms with Gasteiger partial charge in [-0.2, -0.15) is 0 Å². The fourth-order valence-electron chi connectivity index (χ4n) is 1.17. The summed E-state index contributed by atoms with van der Waals surface area (Å²) in [6.45, 7) is 0. The van der Waals surface area contributed by atoms with Crippen LogP contribution in [0.2, 0.25) is 0 Å². The summed E-state index contributed by atoms with van der Waals surface area (Å²) in [6, 6.07) is 5.52. The van der Waals surface area contributed by atoms with Gasteiger partial charge in [-0.05, 0) is 12.1 Å². The Labute approximate surface area is 74.2 Å². The van der Waals surface area contributed by atoms with Gasteiger partial charge in [-0.3, -0.25) is 4.79 Å². The van der Waals surface area contributed by atoms with E-state index in [0.29, 0.717) is 0 Å². The van der Waals surface area contributed by atoms with Gasteiger partial charge in [-0.15, -0.1) is 0 Å². The fraction of sp³-hybridized carbons (Fsp3) is 0. The molecule has 0 atom stereocenters. The molecule has 1 aliphatic rings. The lowest BCUT2D eigenvalue weighted by Crippen LogP contribution is -2.22. The average molecular weight is 198 g/mol. The van der Waals surface area contributed by atoms with Crippen LogP contribution >= 0.6 is 0 Å². The predicted molar refractivity (Wildman–Crippen MR) is 43.2 cm³/mol. The van der Waals surface area contributed by atoms with Crippen molar-refractivity contribution in [2.45, 2.75) is 4.90 Å². The molecule has 68 valence electrons. The number of rotatable bonds is 0. The van der Waals surface area contributed by atoms with Gasteiger partial charge in [0, 0.05) is 0 Å². The minimum absolute atomic E-state index is 0.0579. The van der Waals surface area contributed by atoms with Crippen molar-refractivity contribution in [2.24, 2.45) is 0 Å². The number of sulfonamides is 1. The molecular weight excluding hydrogens is 194 g/mol. The lowest BCUT2D eigenvalue weighted by atomic mass is 10.2. The van der Waals surface area contributed by atoms with E-state index in [1.54, 1.807) is 0 Å². The average Bonchev–Trinajstić information content (AvgIpc) is 2.30. The third kappa shape index (κ3) is 0.895. The largest absolute Gasteiger partial charge is 0.742 e. The van der Waals surface area contributed by atoms with Gasteiger partial charge in [0.15, 0.2) is 0 Å². The molecule has 0 radical (unpaired) electrons. The Bertz CT molecular complexity index is 479. The van der Waals surface area contributed by atoms with Crippen molar-refractivity contribution in [1.29, 1.82) is 0 Å². The number of carbonyl (C=O) groups excluding carboxylic acids is 1. The van der Waals surface area contributed by atoms with E-state index in [2.05, 4.69) is 0 Å². The number of nitrogens with zero attached hydrogens (tertiary/aromatic N) is 1. The van der Waals surface area contributed by atoms with Crippen LogP contribution in [-0.4, -0.2) is 18.8 Å². The van der Waals surface area contributed by atoms with Crippen LogP contribution < -0.4 is 0 Å². The van der Waals surface area contributed by atoms with Crippen LogP contribution in [-0.2, 0) is 10.0 Å². The SMILES string of the molecule is O=C1c2ccccc2S(=O)(=O)N1[O-]. The van der Waals surface area contributed by atoms with Crippen LogP contribution in [0.15, 0.2) is 29.2 Å². The Morgan fingerprint density at radius 2 is 1.85 bits per heavy atom. The summed E-state index contributed by atoms with van der Waals surface area (Å²) in [5.74, 6) is -1.02. The summed E-state index contributed by atoms with van der Waals surface area (Å²) in [5.41, 5.74) is -0.0579. The minimum atomic E-state index is -4.11. The molecule has 1 amide bonds. The lowest BCUT2D eigenvalue weighted by molar-refractivity contribution is 0.0906. The van der Waals surface area contributed by atoms with Crippen molar-refractivity contribution in [3.05, 3.63) is 35.0 Å². The van der Waals surface area contributed by atoms with Gasteiger partial charge in [-0.1, -0.05) is 12.1 Å². The molecule has 5 nitrogen and oxygen atoms in total. The molecule has 0 N–H and O–H groups in total. The molecular formula is C7H4NO4S-. The van der Waals surface area contributed by atoms with Crippen molar-refractivity contribution in [3.8, 4) is 0 Å². The number of benzene rings is 1. The maximum absolute atomic E-state index is 11.2. The highest BCUT2D eigenvalue weighted by atomic mass is 32.2. The number of hydroxylamine groups is 1. The van der Waals surface area contributed by atoms with Crippen molar-refractivity contribution < 1.29 is 13.2 Å². The van der Waals surface area contributed by atoms with Crippen LogP contribution in [0.3, 0.4) is 0 Å². The van der Waals surface area contributed by atoms with Crippen molar-refractivity contribution in [2.75, 3.05) is 0 Å². The molecule has 0 fully saturated rings. The third-order valence-electron chi connectivity index (χ3n) is 1.78. The second-order valence-corrected chi connectivity index (χ2v) is 4.26. The van der Waals surface area contributed by atoms with Crippen LogP contribution in [0.25, 0.3) is 0 Å². The minimum Gasteiger partial charge on any atom is -0.742 e. The molecule has 0 spiro atoms. The Kier molecular flexibility index (Phi) is 1.45. The first-order valence-corrected chi connectivity index (χ1v) is 4.85. The molecule has 0 bridgehead atoms. The van der Waals surface area contributed by atoms with E-state index in [1.807, 2.05) is 0 Å². The molecule has 0 saturated carbocycles. The number of hydrogen-bond donors (Lipinski definition) is 0. The van der Waals surface area contributed by atoms with Crippen LogP contribution in [0.4, 0.5) is 0 Å². The zero-order valence-corrected chi connectivity index (χ0v) is 7.11. The van der Waals surface area contributed by atoms with E-state index in [0.717, 1.165) is 0 Å². The summed E-state index contributed by atoms with van der Waals surface area (Å²) >= 11 is 0. The van der Waals surface area contributed by atoms with Crippen molar-refractivity contribution in [3.63, 3.8) is 0 Å². The van der Waals surface area contributed by atoms with E-state index in [9.17, 15) is 18.4 Å². The zero-order chi connectivity index (χ0) is 9.64. The van der Waals surface area contributed by atoms with Crippen molar-refractivity contribution in [1.82, 2.24) is 4.47 Å². The zero-order valence-electron chi connectivity index (χ0n) is 6.30. The molecule has 1 aromatic carbocycles. The first-order chi connectivity index (χ1) is 6.05. The van der Waals surface area contributed by atoms with E-state index < -0.39 is 20.4 Å². The molecule has 0 aromatic heterocycles. The summed E-state index contributed by atoms with van der Waals surface area (Å²) < 4.78 is 21.9. The predicted octanol–water partition coefficient (Wildman–Crippen LogP) is 0.329. The Morgan fingerprint density at radius 3 is 2.46 bits per heavy atom. The standard InChI is InChI=1S/C7H4NO4S/c9-7-5-3-1-2-4-6(5)13(11,12)8(7)10/h1-4H/q-1. The summed E-state index contributed by atoms with van der Waals surface area (Å²) in [6.07, 6.45) is 0. The van der Waals surface area contributed by atoms with Gasteiger partial charge < -0.3 is 9.68 Å². The highest BCUT2D eigenvalue weighted by Gasteiger charge is 2.34. The Balaban J connectivity index is 2.83. The maximum Gasteiger partial charge on any atom is 0.258 e. The Morgan fingerprint density at radius 1 is 1.23 bits per heavy atom. The summed E-state index contributed by atoms with van der Waals surface area (Å²) in [4.78, 5) is 10.8. The second kappa shape index (κ2) is 2.30. The first-order valence-electron chi connectivity index (χ1n) is 3.41. The molecule has 1 aliphatic heterocycles. The molecule has 0 saturated heterocycles. The van der Waals surface area contributed by atoms with E-state index >= 15 is 0 Å². The molecule has 1 heterocycles. The van der Waals surface area contributed by atoms with Gasteiger partial charge in [0.2, 0.25) is 0 Å².